The molecule has 3 fully saturated rings. The standard InChI is InChI=1S/C26H25BrCl2N2O8/c1-2-39-16-5-3-4-14(20(16)34)19-12-6-7-13-18(22(36)30(21(13)35)9-8-17(32)33)15(12)10-25(28)23(37)31(11-27)24(38)26(19,25)29/h3-6,13,15,18-19,34H,2,7-11H2,1H3,(H,32,33)/t13-,15+,18-,19+,25+,26-/m0/s1. The number of phenolic OH excluding ortho intramolecular Hbond substituents is 1. The molecule has 2 aliphatic carbocycles. The van der Waals surface area contributed by atoms with E-state index in [2.05, 4.69) is 15.9 Å². The topological polar surface area (TPSA) is 142 Å². The van der Waals surface area contributed by atoms with E-state index in [9.17, 15) is 29.1 Å². The zero-order valence-electron chi connectivity index (χ0n) is 20.7. The number of amides is 4. The molecule has 5 rings (SSSR count). The summed E-state index contributed by atoms with van der Waals surface area (Å²) in [6, 6.07) is 4.73. The number of aromatic hydroxyl groups is 1. The molecule has 4 amide bonds. The van der Waals surface area contributed by atoms with Crippen LogP contribution in [0.4, 0.5) is 0 Å². The third kappa shape index (κ3) is 3.76. The van der Waals surface area contributed by atoms with Crippen LogP contribution in [0.5, 0.6) is 11.5 Å². The first-order chi connectivity index (χ1) is 18.4. The number of carbonyl (C=O) groups is 5. The largest absolute Gasteiger partial charge is 0.504 e. The Kier molecular flexibility index (Phi) is 7.00. The van der Waals surface area contributed by atoms with Gasteiger partial charge in [0.1, 0.15) is 0 Å². The fraction of sp³-hybridized carbons (Fsp3) is 0.500. The number of carbonyl (C=O) groups excluding carboxylic acids is 4. The van der Waals surface area contributed by atoms with Gasteiger partial charge < -0.3 is 14.9 Å². The van der Waals surface area contributed by atoms with E-state index in [1.54, 1.807) is 31.2 Å². The summed E-state index contributed by atoms with van der Waals surface area (Å²) in [7, 11) is 0. The first-order valence-electron chi connectivity index (χ1n) is 12.5. The van der Waals surface area contributed by atoms with Gasteiger partial charge in [-0.1, -0.05) is 39.7 Å². The molecule has 13 heteroatoms. The van der Waals surface area contributed by atoms with E-state index in [4.69, 9.17) is 33.0 Å². The molecule has 10 nitrogen and oxygen atoms in total. The van der Waals surface area contributed by atoms with Crippen molar-refractivity contribution >= 4 is 68.7 Å². The molecule has 2 aliphatic heterocycles. The number of aliphatic carboxylic acids is 1. The molecule has 0 aromatic heterocycles. The molecule has 1 saturated carbocycles. The molecule has 1 aromatic carbocycles. The second-order valence-electron chi connectivity index (χ2n) is 10.1. The Bertz CT molecular complexity index is 1340. The Labute approximate surface area is 242 Å². The van der Waals surface area contributed by atoms with Crippen molar-refractivity contribution in [1.82, 2.24) is 9.80 Å². The number of carboxylic acid groups (broad SMARTS) is 1. The summed E-state index contributed by atoms with van der Waals surface area (Å²) >= 11 is 17.4. The van der Waals surface area contributed by atoms with E-state index < -0.39 is 69.4 Å². The maximum Gasteiger partial charge on any atom is 0.305 e. The third-order valence-corrected chi connectivity index (χ3v) is 10.2. The predicted octanol–water partition coefficient (Wildman–Crippen LogP) is 2.98. The van der Waals surface area contributed by atoms with Gasteiger partial charge in [-0.15, -0.1) is 23.2 Å². The second-order valence-corrected chi connectivity index (χ2v) is 11.8. The molecule has 0 bridgehead atoms. The average Bonchev–Trinajstić information content (AvgIpc) is 3.22. The van der Waals surface area contributed by atoms with E-state index in [1.165, 1.54) is 0 Å². The number of rotatable bonds is 7. The number of likely N-dealkylation sites (tertiary alicyclic amines) is 2. The van der Waals surface area contributed by atoms with Crippen LogP contribution in [-0.2, 0) is 24.0 Å². The highest BCUT2D eigenvalue weighted by molar-refractivity contribution is 9.09. The quantitative estimate of drug-likeness (QED) is 0.200. The van der Waals surface area contributed by atoms with Gasteiger partial charge in [-0.05, 0) is 31.7 Å². The molecule has 1 aromatic rings. The number of phenols is 1. The molecule has 4 aliphatic rings. The van der Waals surface area contributed by atoms with Crippen LogP contribution in [0.1, 0.15) is 37.7 Å². The molecular weight excluding hydrogens is 619 g/mol. The number of alkyl halides is 3. The summed E-state index contributed by atoms with van der Waals surface area (Å²) in [4.78, 5) is 63.1. The van der Waals surface area contributed by atoms with Gasteiger partial charge in [0, 0.05) is 18.0 Å². The van der Waals surface area contributed by atoms with Crippen LogP contribution < -0.4 is 4.74 Å². The first kappa shape index (κ1) is 27.9. The van der Waals surface area contributed by atoms with E-state index >= 15 is 0 Å². The molecule has 2 heterocycles. The van der Waals surface area contributed by atoms with E-state index in [0.29, 0.717) is 5.57 Å². The molecule has 0 radical (unpaired) electrons. The minimum atomic E-state index is -2.05. The van der Waals surface area contributed by atoms with Crippen LogP contribution >= 0.6 is 39.1 Å². The summed E-state index contributed by atoms with van der Waals surface area (Å²) in [6.07, 6.45) is 1.28. The van der Waals surface area contributed by atoms with E-state index in [0.717, 1.165) is 9.80 Å². The Morgan fingerprint density at radius 3 is 2.49 bits per heavy atom. The lowest BCUT2D eigenvalue weighted by molar-refractivity contribution is -0.143. The monoisotopic (exact) mass is 642 g/mol. The van der Waals surface area contributed by atoms with Crippen LogP contribution in [-0.4, -0.2) is 78.0 Å². The lowest BCUT2D eigenvalue weighted by atomic mass is 9.56. The zero-order chi connectivity index (χ0) is 28.4. The highest BCUT2D eigenvalue weighted by atomic mass is 79.9. The van der Waals surface area contributed by atoms with Crippen LogP contribution in [0.3, 0.4) is 0 Å². The molecule has 208 valence electrons. The van der Waals surface area contributed by atoms with Crippen molar-refractivity contribution in [2.45, 2.75) is 41.9 Å². The van der Waals surface area contributed by atoms with E-state index in [-0.39, 0.29) is 48.5 Å². The summed E-state index contributed by atoms with van der Waals surface area (Å²) in [6.45, 7) is 1.72. The van der Waals surface area contributed by atoms with Gasteiger partial charge >= 0.3 is 5.97 Å². The number of ether oxygens (including phenoxy) is 1. The first-order valence-corrected chi connectivity index (χ1v) is 14.3. The van der Waals surface area contributed by atoms with Gasteiger partial charge in [0.05, 0.1) is 30.3 Å². The molecular formula is C26H25BrCl2N2O8. The summed E-state index contributed by atoms with van der Waals surface area (Å²) < 4.78 is 5.56. The maximum absolute atomic E-state index is 13.8. The molecule has 39 heavy (non-hydrogen) atoms. The number of fused-ring (bicyclic) bond motifs is 4. The van der Waals surface area contributed by atoms with Crippen molar-refractivity contribution in [3.05, 3.63) is 35.4 Å². The minimum absolute atomic E-state index is 0.138. The Morgan fingerprint density at radius 1 is 1.13 bits per heavy atom. The molecule has 0 unspecified atom stereocenters. The normalized spacial score (nSPS) is 33.6. The summed E-state index contributed by atoms with van der Waals surface area (Å²) in [5, 5.41) is 20.3. The second kappa shape index (κ2) is 9.78. The zero-order valence-corrected chi connectivity index (χ0v) is 23.8. The van der Waals surface area contributed by atoms with Crippen molar-refractivity contribution in [2.75, 3.05) is 18.6 Å². The molecule has 2 N–H and O–H groups in total. The average molecular weight is 644 g/mol. The number of benzene rings is 1. The smallest absolute Gasteiger partial charge is 0.305 e. The van der Waals surface area contributed by atoms with Crippen molar-refractivity contribution < 1.29 is 38.9 Å². The van der Waals surface area contributed by atoms with Gasteiger partial charge in [-0.2, -0.15) is 0 Å². The van der Waals surface area contributed by atoms with Crippen LogP contribution in [0.15, 0.2) is 29.8 Å². The number of imide groups is 2. The number of hydrogen-bond donors (Lipinski definition) is 2. The number of para-hydroxylation sites is 1. The highest BCUT2D eigenvalue weighted by Gasteiger charge is 2.76. The van der Waals surface area contributed by atoms with Crippen molar-refractivity contribution in [3.63, 3.8) is 0 Å². The highest BCUT2D eigenvalue weighted by Crippen LogP contribution is 2.66. The lowest BCUT2D eigenvalue weighted by Crippen LogP contribution is -2.60. The van der Waals surface area contributed by atoms with Gasteiger partial charge in [-0.25, -0.2) is 0 Å². The van der Waals surface area contributed by atoms with Crippen LogP contribution in [0.25, 0.3) is 0 Å². The van der Waals surface area contributed by atoms with Crippen LogP contribution in [0, 0.1) is 17.8 Å². The van der Waals surface area contributed by atoms with Crippen LogP contribution in [0.2, 0.25) is 0 Å². The lowest BCUT2D eigenvalue weighted by Gasteiger charge is -2.50. The van der Waals surface area contributed by atoms with Gasteiger partial charge in [0.25, 0.3) is 11.8 Å². The fourth-order valence-electron chi connectivity index (χ4n) is 6.64. The molecule has 2 saturated heterocycles. The SMILES string of the molecule is CCOc1cccc([C@H]2C3=CC[C@@H]4C(=O)N(CCC(=O)O)C(=O)[C@@H]4[C@@H]3C[C@@]3(Cl)C(=O)N(CBr)C(=O)[C@@]23Cl)c1O. The number of nitrogens with zero attached hydrogens (tertiary/aromatic N) is 2. The number of carboxylic acids is 1. The van der Waals surface area contributed by atoms with Crippen molar-refractivity contribution in [1.29, 1.82) is 0 Å². The Morgan fingerprint density at radius 2 is 1.85 bits per heavy atom. The van der Waals surface area contributed by atoms with Crippen molar-refractivity contribution in [2.24, 2.45) is 17.8 Å². The van der Waals surface area contributed by atoms with Crippen molar-refractivity contribution in [3.8, 4) is 11.5 Å². The Hall–Kier alpha value is -2.63. The van der Waals surface area contributed by atoms with E-state index in [1.807, 2.05) is 0 Å². The third-order valence-electron chi connectivity index (χ3n) is 8.30. The van der Waals surface area contributed by atoms with Gasteiger partial charge in [0.2, 0.25) is 11.8 Å². The number of hydrogen-bond acceptors (Lipinski definition) is 7. The summed E-state index contributed by atoms with van der Waals surface area (Å²) in [5.41, 5.74) is 0.555. The summed E-state index contributed by atoms with van der Waals surface area (Å²) in [5.74, 6) is -7.41. The van der Waals surface area contributed by atoms with Gasteiger partial charge in [0.15, 0.2) is 21.2 Å². The molecule has 6 atom stereocenters. The number of allylic oxidation sites excluding steroid dienone is 2. The Balaban J connectivity index is 1.69. The molecule has 0 spiro atoms. The number of halogens is 3. The minimum Gasteiger partial charge on any atom is -0.504 e. The van der Waals surface area contributed by atoms with Gasteiger partial charge in [-0.3, -0.25) is 33.8 Å². The maximum atomic E-state index is 13.8. The fourth-order valence-corrected chi connectivity index (χ4v) is 8.05. The predicted molar refractivity (Wildman–Crippen MR) is 142 cm³/mol.